The molecule has 0 aliphatic carbocycles. The SMILES string of the molecule is C[C@H](NC(=O)/C=C\c1ccccc1F)c1cccc(-c2cc(CN(C)C)on2)c1. The number of rotatable bonds is 7. The van der Waals surface area contributed by atoms with Crippen LogP contribution in [-0.4, -0.2) is 30.1 Å². The summed E-state index contributed by atoms with van der Waals surface area (Å²) in [6.45, 7) is 2.57. The minimum Gasteiger partial charge on any atom is -0.359 e. The lowest BCUT2D eigenvalue weighted by Crippen LogP contribution is -2.24. The van der Waals surface area contributed by atoms with Gasteiger partial charge in [-0.15, -0.1) is 0 Å². The van der Waals surface area contributed by atoms with Gasteiger partial charge in [0.05, 0.1) is 12.6 Å². The van der Waals surface area contributed by atoms with E-state index in [9.17, 15) is 9.18 Å². The second-order valence-electron chi connectivity index (χ2n) is 7.13. The number of carbonyl (C=O) groups excluding carboxylic acids is 1. The first-order valence-electron chi connectivity index (χ1n) is 9.36. The molecule has 5 nitrogen and oxygen atoms in total. The zero-order valence-corrected chi connectivity index (χ0v) is 16.7. The van der Waals surface area contributed by atoms with Crippen molar-refractivity contribution in [2.45, 2.75) is 19.5 Å². The molecule has 0 radical (unpaired) electrons. The van der Waals surface area contributed by atoms with E-state index in [4.69, 9.17) is 4.52 Å². The Kier molecular flexibility index (Phi) is 6.57. The highest BCUT2D eigenvalue weighted by molar-refractivity contribution is 5.92. The van der Waals surface area contributed by atoms with Gasteiger partial charge in [-0.1, -0.05) is 41.6 Å². The number of nitrogens with one attached hydrogen (secondary N) is 1. The summed E-state index contributed by atoms with van der Waals surface area (Å²) in [4.78, 5) is 14.2. The number of hydrogen-bond acceptors (Lipinski definition) is 4. The molecule has 3 rings (SSSR count). The zero-order chi connectivity index (χ0) is 20.8. The van der Waals surface area contributed by atoms with Gasteiger partial charge in [0, 0.05) is 23.3 Å². The van der Waals surface area contributed by atoms with Crippen LogP contribution >= 0.6 is 0 Å². The second kappa shape index (κ2) is 9.30. The van der Waals surface area contributed by atoms with Crippen molar-refractivity contribution < 1.29 is 13.7 Å². The molecule has 150 valence electrons. The first kappa shape index (κ1) is 20.5. The summed E-state index contributed by atoms with van der Waals surface area (Å²) in [6.07, 6.45) is 2.80. The molecule has 0 bridgehead atoms. The summed E-state index contributed by atoms with van der Waals surface area (Å²) in [5.41, 5.74) is 2.98. The molecule has 0 aliphatic heterocycles. The predicted octanol–water partition coefficient (Wildman–Crippen LogP) is 4.43. The molecule has 3 aromatic rings. The van der Waals surface area contributed by atoms with Gasteiger partial charge >= 0.3 is 0 Å². The molecule has 1 atom stereocenters. The van der Waals surface area contributed by atoms with Crippen molar-refractivity contribution in [2.75, 3.05) is 14.1 Å². The van der Waals surface area contributed by atoms with Crippen molar-refractivity contribution >= 4 is 12.0 Å². The first-order valence-corrected chi connectivity index (χ1v) is 9.36. The summed E-state index contributed by atoms with van der Waals surface area (Å²) >= 11 is 0. The number of nitrogens with zero attached hydrogens (tertiary/aromatic N) is 2. The second-order valence-corrected chi connectivity index (χ2v) is 7.13. The number of aromatic nitrogens is 1. The number of amides is 1. The van der Waals surface area contributed by atoms with Gasteiger partial charge in [-0.2, -0.15) is 0 Å². The van der Waals surface area contributed by atoms with E-state index >= 15 is 0 Å². The fourth-order valence-electron chi connectivity index (χ4n) is 2.92. The Labute approximate surface area is 169 Å². The molecule has 6 heteroatoms. The Morgan fingerprint density at radius 3 is 2.76 bits per heavy atom. The molecule has 0 saturated carbocycles. The zero-order valence-electron chi connectivity index (χ0n) is 16.7. The molecule has 1 aromatic heterocycles. The van der Waals surface area contributed by atoms with E-state index in [1.165, 1.54) is 18.2 Å². The van der Waals surface area contributed by atoms with Crippen molar-refractivity contribution in [1.82, 2.24) is 15.4 Å². The van der Waals surface area contributed by atoms with Crippen LogP contribution in [0.1, 0.15) is 29.9 Å². The van der Waals surface area contributed by atoms with Crippen LogP contribution in [0.15, 0.2) is 65.2 Å². The number of hydrogen-bond donors (Lipinski definition) is 1. The largest absolute Gasteiger partial charge is 0.359 e. The summed E-state index contributed by atoms with van der Waals surface area (Å²) in [5, 5.41) is 7.03. The summed E-state index contributed by atoms with van der Waals surface area (Å²) in [7, 11) is 3.93. The van der Waals surface area contributed by atoms with Crippen LogP contribution in [0.3, 0.4) is 0 Å². The van der Waals surface area contributed by atoms with Crippen molar-refractivity contribution in [3.05, 3.63) is 83.4 Å². The van der Waals surface area contributed by atoms with Crippen LogP contribution in [0.25, 0.3) is 17.3 Å². The van der Waals surface area contributed by atoms with Crippen molar-refractivity contribution in [2.24, 2.45) is 0 Å². The average Bonchev–Trinajstić information content (AvgIpc) is 3.15. The molecule has 0 fully saturated rings. The molecule has 1 N–H and O–H groups in total. The van der Waals surface area contributed by atoms with Gasteiger partial charge in [0.2, 0.25) is 5.91 Å². The highest BCUT2D eigenvalue weighted by Gasteiger charge is 2.12. The van der Waals surface area contributed by atoms with E-state index in [2.05, 4.69) is 10.5 Å². The lowest BCUT2D eigenvalue weighted by molar-refractivity contribution is -0.117. The number of benzene rings is 2. The fourth-order valence-corrected chi connectivity index (χ4v) is 2.92. The van der Waals surface area contributed by atoms with Gasteiger partial charge in [-0.3, -0.25) is 4.79 Å². The average molecular weight is 393 g/mol. The summed E-state index contributed by atoms with van der Waals surface area (Å²) in [6, 6.07) is 15.8. The topological polar surface area (TPSA) is 58.4 Å². The Morgan fingerprint density at radius 2 is 2.00 bits per heavy atom. The van der Waals surface area contributed by atoms with E-state index in [0.717, 1.165) is 22.6 Å². The molecule has 0 spiro atoms. The summed E-state index contributed by atoms with van der Waals surface area (Å²) in [5.74, 6) is 0.134. The van der Waals surface area contributed by atoms with Crippen LogP contribution in [-0.2, 0) is 11.3 Å². The highest BCUT2D eigenvalue weighted by atomic mass is 19.1. The van der Waals surface area contributed by atoms with E-state index in [-0.39, 0.29) is 17.8 Å². The van der Waals surface area contributed by atoms with Crippen LogP contribution in [0.4, 0.5) is 4.39 Å². The third-order valence-electron chi connectivity index (χ3n) is 4.39. The molecule has 1 amide bonds. The summed E-state index contributed by atoms with van der Waals surface area (Å²) < 4.78 is 19.0. The third-order valence-corrected chi connectivity index (χ3v) is 4.39. The van der Waals surface area contributed by atoms with Gasteiger partial charge in [0.1, 0.15) is 11.5 Å². The molecular weight excluding hydrogens is 369 g/mol. The molecule has 1 heterocycles. The van der Waals surface area contributed by atoms with Crippen molar-refractivity contribution in [3.8, 4) is 11.3 Å². The molecule has 0 unspecified atom stereocenters. The molecule has 0 aliphatic rings. The van der Waals surface area contributed by atoms with Crippen molar-refractivity contribution in [3.63, 3.8) is 0 Å². The van der Waals surface area contributed by atoms with Gasteiger partial charge in [-0.05, 0) is 44.8 Å². The van der Waals surface area contributed by atoms with E-state index in [1.807, 2.05) is 56.3 Å². The quantitative estimate of drug-likeness (QED) is 0.603. The minimum absolute atomic E-state index is 0.221. The third kappa shape index (κ3) is 5.62. The van der Waals surface area contributed by atoms with Crippen LogP contribution in [0, 0.1) is 5.82 Å². The molecule has 29 heavy (non-hydrogen) atoms. The van der Waals surface area contributed by atoms with Crippen molar-refractivity contribution in [1.29, 1.82) is 0 Å². The van der Waals surface area contributed by atoms with Crippen LogP contribution < -0.4 is 5.32 Å². The van der Waals surface area contributed by atoms with Gasteiger partial charge < -0.3 is 14.7 Å². The Morgan fingerprint density at radius 1 is 1.21 bits per heavy atom. The maximum absolute atomic E-state index is 13.6. The van der Waals surface area contributed by atoms with Crippen LogP contribution in [0.2, 0.25) is 0 Å². The number of halogens is 1. The molecule has 0 saturated heterocycles. The number of carbonyl (C=O) groups is 1. The Balaban J connectivity index is 1.67. The van der Waals surface area contributed by atoms with Gasteiger partial charge in [-0.25, -0.2) is 4.39 Å². The smallest absolute Gasteiger partial charge is 0.244 e. The first-order chi connectivity index (χ1) is 13.9. The van der Waals surface area contributed by atoms with E-state index in [0.29, 0.717) is 12.1 Å². The monoisotopic (exact) mass is 393 g/mol. The molecular formula is C23H24FN3O2. The van der Waals surface area contributed by atoms with E-state index in [1.54, 1.807) is 18.2 Å². The Bertz CT molecular complexity index is 1010. The molecule has 2 aromatic carbocycles. The lowest BCUT2D eigenvalue weighted by atomic mass is 10.0. The lowest BCUT2D eigenvalue weighted by Gasteiger charge is -2.13. The fraction of sp³-hybridized carbons (Fsp3) is 0.217. The van der Waals surface area contributed by atoms with Gasteiger partial charge in [0.15, 0.2) is 5.76 Å². The normalized spacial score (nSPS) is 12.4. The highest BCUT2D eigenvalue weighted by Crippen LogP contribution is 2.23. The van der Waals surface area contributed by atoms with E-state index < -0.39 is 0 Å². The van der Waals surface area contributed by atoms with Crippen LogP contribution in [0.5, 0.6) is 0 Å². The maximum atomic E-state index is 13.6. The minimum atomic E-state index is -0.362. The Hall–Kier alpha value is -3.25. The standard InChI is InChI=1S/C23H24FN3O2/c1-16(25-23(28)12-11-17-7-4-5-10-21(17)24)18-8-6-9-19(13-18)22-14-20(29-26-22)15-27(2)3/h4-14,16H,15H2,1-3H3,(H,25,28)/b12-11-/t16-/m0/s1. The predicted molar refractivity (Wildman–Crippen MR) is 111 cm³/mol. The van der Waals surface area contributed by atoms with Gasteiger partial charge in [0.25, 0.3) is 0 Å². The maximum Gasteiger partial charge on any atom is 0.244 e.